The van der Waals surface area contributed by atoms with Gasteiger partial charge in [-0.2, -0.15) is 0 Å². The van der Waals surface area contributed by atoms with Crippen molar-refractivity contribution in [3.63, 3.8) is 0 Å². The highest BCUT2D eigenvalue weighted by atomic mass is 32.2. The molecule has 0 bridgehead atoms. The Morgan fingerprint density at radius 3 is 2.87 bits per heavy atom. The van der Waals surface area contributed by atoms with E-state index < -0.39 is 5.82 Å². The Morgan fingerprint density at radius 1 is 1.35 bits per heavy atom. The van der Waals surface area contributed by atoms with Crippen molar-refractivity contribution >= 4 is 35.6 Å². The molecule has 0 atom stereocenters. The third-order valence-electron chi connectivity index (χ3n) is 3.37. The third-order valence-corrected chi connectivity index (χ3v) is 3.79. The van der Waals surface area contributed by atoms with Gasteiger partial charge < -0.3 is 10.1 Å². The van der Waals surface area contributed by atoms with Crippen LogP contribution in [0.25, 0.3) is 22.2 Å². The van der Waals surface area contributed by atoms with Gasteiger partial charge in [-0.1, -0.05) is 6.07 Å². The largest absolute Gasteiger partial charge is 0.496 e. The molecule has 1 N–H and O–H groups in total. The summed E-state index contributed by atoms with van der Waals surface area (Å²) < 4.78 is 33.9. The second-order valence-corrected chi connectivity index (χ2v) is 5.12. The molecule has 0 saturated heterocycles. The molecule has 0 spiro atoms. The Morgan fingerprint density at radius 2 is 2.17 bits per heavy atom. The highest BCUT2D eigenvalue weighted by Gasteiger charge is 2.19. The average Bonchev–Trinajstić information content (AvgIpc) is 2.92. The van der Waals surface area contributed by atoms with Crippen molar-refractivity contribution in [2.24, 2.45) is 0 Å². The van der Waals surface area contributed by atoms with Crippen LogP contribution in [0.2, 0.25) is 0 Å². The van der Waals surface area contributed by atoms with Crippen molar-refractivity contribution in [3.05, 3.63) is 42.3 Å². The van der Waals surface area contributed by atoms with Crippen LogP contribution in [-0.4, -0.2) is 22.5 Å². The lowest BCUT2D eigenvalue weighted by Crippen LogP contribution is -1.97. The number of nitrogens with zero attached hydrogens (tertiary/aromatic N) is 2. The second-order valence-electron chi connectivity index (χ2n) is 4.58. The van der Waals surface area contributed by atoms with Crippen LogP contribution in [0.4, 0.5) is 14.1 Å². The highest BCUT2D eigenvalue weighted by Crippen LogP contribution is 2.39. The minimum absolute atomic E-state index is 0.0653. The van der Waals surface area contributed by atoms with Gasteiger partial charge in [0.2, 0.25) is 6.41 Å². The molecule has 118 valence electrons. The molecule has 0 aliphatic rings. The van der Waals surface area contributed by atoms with Gasteiger partial charge >= 0.3 is 0 Å². The Balaban J connectivity index is 2.29. The molecule has 3 aromatic rings. The van der Waals surface area contributed by atoms with Crippen molar-refractivity contribution < 1.29 is 17.8 Å². The summed E-state index contributed by atoms with van der Waals surface area (Å²) >= 11 is -0.0653. The van der Waals surface area contributed by atoms with Gasteiger partial charge in [0.15, 0.2) is 18.0 Å². The van der Waals surface area contributed by atoms with Crippen molar-refractivity contribution in [1.82, 2.24) is 8.96 Å². The van der Waals surface area contributed by atoms with E-state index >= 15 is 0 Å². The summed E-state index contributed by atoms with van der Waals surface area (Å²) in [5.41, 5.74) is 0.945. The normalized spacial score (nSPS) is 10.7. The highest BCUT2D eigenvalue weighted by molar-refractivity contribution is 7.92. The molecular formula is C15H11F2N3O2S. The van der Waals surface area contributed by atoms with E-state index in [9.17, 15) is 13.1 Å². The van der Waals surface area contributed by atoms with Crippen molar-refractivity contribution in [3.8, 4) is 16.9 Å². The number of fused-ring (bicyclic) bond motifs is 1. The number of benzene rings is 1. The Kier molecular flexibility index (Phi) is 4.16. The average molecular weight is 335 g/mol. The van der Waals surface area contributed by atoms with E-state index in [1.54, 1.807) is 18.2 Å². The number of amides is 1. The molecule has 1 aromatic carbocycles. The van der Waals surface area contributed by atoms with Crippen LogP contribution in [0, 0.1) is 5.82 Å². The maximum Gasteiger partial charge on any atom is 0.212 e. The number of nitrogens with one attached hydrogen (secondary N) is 1. The standard InChI is InChI=1S/C15H11F2N3O2S/c1-22-12-4-2-3-11(16)14(12)10-7-20(23-17)15-9(10)5-6-13(19-15)18-8-21/h2-8H,1H3,(H,18,19,21). The zero-order chi connectivity index (χ0) is 16.4. The molecule has 5 nitrogen and oxygen atoms in total. The van der Waals surface area contributed by atoms with Gasteiger partial charge in [0.25, 0.3) is 0 Å². The number of hydrogen-bond acceptors (Lipinski definition) is 4. The zero-order valence-electron chi connectivity index (χ0n) is 11.9. The summed E-state index contributed by atoms with van der Waals surface area (Å²) in [7, 11) is 1.44. The van der Waals surface area contributed by atoms with Crippen molar-refractivity contribution in [2.75, 3.05) is 12.4 Å². The number of pyridine rings is 1. The first-order chi connectivity index (χ1) is 11.2. The smallest absolute Gasteiger partial charge is 0.212 e. The Hall–Kier alpha value is -2.61. The van der Waals surface area contributed by atoms with Gasteiger partial charge in [-0.05, 0) is 24.3 Å². The molecule has 0 aliphatic heterocycles. The van der Waals surface area contributed by atoms with Crippen LogP contribution < -0.4 is 10.1 Å². The number of anilines is 1. The summed E-state index contributed by atoms with van der Waals surface area (Å²) in [6, 6.07) is 7.66. The molecule has 0 fully saturated rings. The second kappa shape index (κ2) is 6.25. The van der Waals surface area contributed by atoms with Gasteiger partial charge in [0.1, 0.15) is 17.4 Å². The summed E-state index contributed by atoms with van der Waals surface area (Å²) in [6.07, 6.45) is 1.92. The van der Waals surface area contributed by atoms with E-state index in [2.05, 4.69) is 10.3 Å². The number of rotatable bonds is 5. The fourth-order valence-corrected chi connectivity index (χ4v) is 2.75. The summed E-state index contributed by atoms with van der Waals surface area (Å²) in [4.78, 5) is 14.7. The van der Waals surface area contributed by atoms with Crippen molar-refractivity contribution in [1.29, 1.82) is 0 Å². The van der Waals surface area contributed by atoms with E-state index in [0.717, 1.165) is 3.97 Å². The maximum absolute atomic E-state index is 14.3. The monoisotopic (exact) mass is 335 g/mol. The first kappa shape index (κ1) is 15.3. The third kappa shape index (κ3) is 2.61. The molecule has 2 aromatic heterocycles. The zero-order valence-corrected chi connectivity index (χ0v) is 12.7. The molecule has 0 unspecified atom stereocenters. The first-order valence-corrected chi connectivity index (χ1v) is 7.21. The van der Waals surface area contributed by atoms with Gasteiger partial charge in [-0.3, -0.25) is 4.79 Å². The molecule has 2 heterocycles. The molecule has 0 saturated carbocycles. The van der Waals surface area contributed by atoms with Crippen LogP contribution in [0.3, 0.4) is 0 Å². The molecule has 8 heteroatoms. The Labute approximate surface area is 134 Å². The van der Waals surface area contributed by atoms with Gasteiger partial charge in [0, 0.05) is 17.1 Å². The predicted octanol–water partition coefficient (Wildman–Crippen LogP) is 3.80. The van der Waals surface area contributed by atoms with Crippen LogP contribution in [0.1, 0.15) is 0 Å². The number of ether oxygens (including phenoxy) is 1. The van der Waals surface area contributed by atoms with Crippen molar-refractivity contribution in [2.45, 2.75) is 0 Å². The number of carbonyl (C=O) groups is 1. The number of hydrogen-bond donors (Lipinski definition) is 1. The van der Waals surface area contributed by atoms with Crippen LogP contribution >= 0.6 is 12.3 Å². The van der Waals surface area contributed by atoms with Gasteiger partial charge in [-0.15, -0.1) is 3.89 Å². The van der Waals surface area contributed by atoms with Gasteiger partial charge in [0.05, 0.1) is 12.7 Å². The molecule has 0 aliphatic carbocycles. The lowest BCUT2D eigenvalue weighted by molar-refractivity contribution is -0.105. The minimum Gasteiger partial charge on any atom is -0.496 e. The number of carbonyl (C=O) groups excluding carboxylic acids is 1. The maximum atomic E-state index is 14.3. The molecule has 1 amide bonds. The summed E-state index contributed by atoms with van der Waals surface area (Å²) in [6.45, 7) is 0. The quantitative estimate of drug-likeness (QED) is 0.721. The predicted molar refractivity (Wildman–Crippen MR) is 85.5 cm³/mol. The molecular weight excluding hydrogens is 324 g/mol. The molecule has 23 heavy (non-hydrogen) atoms. The van der Waals surface area contributed by atoms with Crippen LogP contribution in [0.5, 0.6) is 5.75 Å². The molecule has 0 radical (unpaired) electrons. The van der Waals surface area contributed by atoms with E-state index in [-0.39, 0.29) is 29.4 Å². The van der Waals surface area contributed by atoms with Crippen LogP contribution in [-0.2, 0) is 4.79 Å². The van der Waals surface area contributed by atoms with E-state index in [1.165, 1.54) is 25.4 Å². The fourth-order valence-electron chi connectivity index (χ4n) is 2.40. The number of halogens is 2. The minimum atomic E-state index is -0.484. The lowest BCUT2D eigenvalue weighted by Gasteiger charge is -2.08. The molecule has 3 rings (SSSR count). The lowest BCUT2D eigenvalue weighted by atomic mass is 10.0. The fraction of sp³-hybridized carbons (Fsp3) is 0.0667. The first-order valence-electron chi connectivity index (χ1n) is 6.54. The van der Waals surface area contributed by atoms with E-state index in [0.29, 0.717) is 23.1 Å². The Bertz CT molecular complexity index is 883. The SMILES string of the molecule is COc1cccc(F)c1-c1cn(SF)c2nc(NC=O)ccc12. The van der Waals surface area contributed by atoms with E-state index in [4.69, 9.17) is 4.74 Å². The van der Waals surface area contributed by atoms with E-state index in [1.807, 2.05) is 0 Å². The summed E-state index contributed by atoms with van der Waals surface area (Å²) in [5.74, 6) is 0.123. The summed E-state index contributed by atoms with van der Waals surface area (Å²) in [5, 5.41) is 2.94. The number of methoxy groups -OCH3 is 1. The topological polar surface area (TPSA) is 56.1 Å². The van der Waals surface area contributed by atoms with Gasteiger partial charge in [-0.25, -0.2) is 13.3 Å². The number of aromatic nitrogens is 2. The van der Waals surface area contributed by atoms with Crippen LogP contribution in [0.15, 0.2) is 36.5 Å².